The van der Waals surface area contributed by atoms with Gasteiger partial charge < -0.3 is 20.5 Å². The van der Waals surface area contributed by atoms with Crippen LogP contribution in [-0.4, -0.2) is 17.7 Å². The molecule has 0 spiro atoms. The lowest BCUT2D eigenvalue weighted by atomic mass is 9.85. The number of alkyl halides is 1. The first-order valence-corrected chi connectivity index (χ1v) is 10.7. The van der Waals surface area contributed by atoms with E-state index in [1.165, 1.54) is 18.3 Å². The summed E-state index contributed by atoms with van der Waals surface area (Å²) >= 11 is 6.87. The van der Waals surface area contributed by atoms with Crippen molar-refractivity contribution in [2.75, 3.05) is 17.7 Å². The molecule has 0 saturated heterocycles. The average Bonchev–Trinajstić information content (AvgIpc) is 2.82. The Hall–Kier alpha value is -3.60. The molecule has 1 aliphatic heterocycles. The summed E-state index contributed by atoms with van der Waals surface area (Å²) < 4.78 is 25.8. The van der Waals surface area contributed by atoms with E-state index in [0.717, 1.165) is 0 Å². The van der Waals surface area contributed by atoms with Gasteiger partial charge in [-0.05, 0) is 42.8 Å². The van der Waals surface area contributed by atoms with Crippen molar-refractivity contribution in [3.63, 3.8) is 0 Å². The smallest absolute Gasteiger partial charge is 0.217 e. The predicted molar refractivity (Wildman–Crippen MR) is 127 cm³/mol. The number of hydrogen-bond donors (Lipinski definition) is 2. The van der Waals surface area contributed by atoms with E-state index >= 15 is 0 Å². The van der Waals surface area contributed by atoms with Crippen LogP contribution in [0.15, 0.2) is 71.7 Å². The molecular formula is C25H22ClFN4O2. The molecule has 0 aliphatic carbocycles. The van der Waals surface area contributed by atoms with Crippen LogP contribution in [0.2, 0.25) is 0 Å². The number of fused-ring (bicyclic) bond motifs is 1. The van der Waals surface area contributed by atoms with Crippen LogP contribution < -0.4 is 15.8 Å². The third kappa shape index (κ3) is 4.23. The number of anilines is 2. The van der Waals surface area contributed by atoms with Gasteiger partial charge in [-0.25, -0.2) is 4.39 Å². The van der Waals surface area contributed by atoms with E-state index in [-0.39, 0.29) is 6.61 Å². The van der Waals surface area contributed by atoms with Crippen LogP contribution in [-0.2, 0) is 17.1 Å². The number of aliphatic imine (C=N–C) groups is 1. The lowest BCUT2D eigenvalue weighted by Crippen LogP contribution is -2.56. The summed E-state index contributed by atoms with van der Waals surface area (Å²) in [6.07, 6.45) is 1.34. The zero-order valence-electron chi connectivity index (χ0n) is 17.9. The molecule has 168 valence electrons. The number of nitrogens with one attached hydrogen (secondary N) is 1. The molecule has 6 nitrogen and oxygen atoms in total. The quantitative estimate of drug-likeness (QED) is 0.273. The van der Waals surface area contributed by atoms with E-state index in [9.17, 15) is 9.65 Å². The summed E-state index contributed by atoms with van der Waals surface area (Å²) in [6, 6.07) is 20.7. The van der Waals surface area contributed by atoms with Crippen molar-refractivity contribution in [3.8, 4) is 11.8 Å². The van der Waals surface area contributed by atoms with Crippen molar-refractivity contribution in [2.24, 2.45) is 4.99 Å². The first kappa shape index (κ1) is 22.6. The van der Waals surface area contributed by atoms with Gasteiger partial charge in [-0.2, -0.15) is 5.26 Å². The maximum Gasteiger partial charge on any atom is 0.217 e. The number of rotatable bonds is 7. The fourth-order valence-corrected chi connectivity index (χ4v) is 3.98. The van der Waals surface area contributed by atoms with Crippen LogP contribution in [0.25, 0.3) is 0 Å². The Morgan fingerprint density at radius 3 is 2.64 bits per heavy atom. The van der Waals surface area contributed by atoms with Crippen LogP contribution in [0, 0.1) is 17.1 Å². The van der Waals surface area contributed by atoms with Gasteiger partial charge in [0, 0.05) is 23.5 Å². The molecule has 0 aromatic heterocycles. The van der Waals surface area contributed by atoms with Crippen molar-refractivity contribution in [1.82, 2.24) is 0 Å². The highest BCUT2D eigenvalue weighted by Gasteiger charge is 2.57. The summed E-state index contributed by atoms with van der Waals surface area (Å²) in [5.41, 5.74) is 7.19. The molecule has 8 heteroatoms. The minimum absolute atomic E-state index is 0.0336. The molecule has 0 amide bonds. The number of halogens is 2. The van der Waals surface area contributed by atoms with Gasteiger partial charge in [-0.15, -0.1) is 0 Å². The monoisotopic (exact) mass is 464 g/mol. The van der Waals surface area contributed by atoms with E-state index in [2.05, 4.69) is 16.4 Å². The van der Waals surface area contributed by atoms with Crippen LogP contribution in [0.1, 0.15) is 18.1 Å². The Labute approximate surface area is 196 Å². The molecule has 3 N–H and O–H groups in total. The molecule has 0 fully saturated rings. The van der Waals surface area contributed by atoms with E-state index in [1.54, 1.807) is 24.3 Å². The fraction of sp³-hybridized carbons (Fsp3) is 0.200. The minimum atomic E-state index is -1.75. The zero-order valence-corrected chi connectivity index (χ0v) is 18.6. The molecule has 3 aromatic carbocycles. The number of nitriles is 1. The van der Waals surface area contributed by atoms with E-state index in [1.807, 2.05) is 37.3 Å². The average molecular weight is 465 g/mol. The highest BCUT2D eigenvalue weighted by molar-refractivity contribution is 6.36. The number of nitrogens with zero attached hydrogens (tertiary/aromatic N) is 2. The predicted octanol–water partition coefficient (Wildman–Crippen LogP) is 5.51. The molecule has 0 saturated carbocycles. The van der Waals surface area contributed by atoms with Crippen molar-refractivity contribution in [2.45, 2.75) is 24.1 Å². The minimum Gasteiger partial charge on any atom is -0.492 e. The second kappa shape index (κ2) is 9.10. The Bertz CT molecular complexity index is 1230. The standard InChI is InChI=1S/C25H22ClFN4O2/c1-2-32-23-13-22-20(12-21(23)29)25(24(26,15-28)16-30-22,31-19-9-4-3-5-10-19)33-14-17-7-6-8-18(27)11-17/h3-13,16,31H,2,14,29H2,1H3. The second-order valence-electron chi connectivity index (χ2n) is 7.51. The van der Waals surface area contributed by atoms with Crippen molar-refractivity contribution >= 4 is 34.9 Å². The van der Waals surface area contributed by atoms with Crippen LogP contribution in [0.3, 0.4) is 0 Å². The molecule has 1 heterocycles. The number of ether oxygens (including phenoxy) is 2. The number of para-hydroxylation sites is 1. The number of nitrogen functional groups attached to an aromatic ring is 1. The molecule has 4 rings (SSSR count). The zero-order chi connectivity index (χ0) is 23.5. The van der Waals surface area contributed by atoms with Gasteiger partial charge in [0.2, 0.25) is 10.6 Å². The largest absolute Gasteiger partial charge is 0.492 e. The highest BCUT2D eigenvalue weighted by Crippen LogP contribution is 2.50. The molecule has 0 radical (unpaired) electrons. The molecular weight excluding hydrogens is 443 g/mol. The lowest BCUT2D eigenvalue weighted by Gasteiger charge is -2.44. The molecule has 33 heavy (non-hydrogen) atoms. The lowest BCUT2D eigenvalue weighted by molar-refractivity contribution is -0.0450. The SMILES string of the molecule is CCOc1cc2c(cc1N)C(Nc1ccccc1)(OCc1cccc(F)c1)C(Cl)(C#N)C=N2. The van der Waals surface area contributed by atoms with Gasteiger partial charge >= 0.3 is 0 Å². The summed E-state index contributed by atoms with van der Waals surface area (Å²) in [6.45, 7) is 2.24. The number of benzene rings is 3. The van der Waals surface area contributed by atoms with Crippen LogP contribution in [0.4, 0.5) is 21.5 Å². The Morgan fingerprint density at radius 1 is 1.15 bits per heavy atom. The highest BCUT2D eigenvalue weighted by atomic mass is 35.5. The van der Waals surface area contributed by atoms with E-state index < -0.39 is 16.4 Å². The summed E-state index contributed by atoms with van der Waals surface area (Å²) in [5, 5.41) is 13.4. The van der Waals surface area contributed by atoms with Crippen molar-refractivity contribution in [1.29, 1.82) is 5.26 Å². The number of hydrogen-bond acceptors (Lipinski definition) is 6. The van der Waals surface area contributed by atoms with Gasteiger partial charge in [0.25, 0.3) is 0 Å². The Morgan fingerprint density at radius 2 is 1.94 bits per heavy atom. The van der Waals surface area contributed by atoms with E-state index in [0.29, 0.717) is 40.5 Å². The normalized spacial score (nSPS) is 21.2. The molecule has 3 aromatic rings. The Balaban J connectivity index is 1.89. The first-order valence-electron chi connectivity index (χ1n) is 10.3. The van der Waals surface area contributed by atoms with Gasteiger partial charge in [-0.1, -0.05) is 41.9 Å². The third-order valence-corrected chi connectivity index (χ3v) is 5.75. The summed E-state index contributed by atoms with van der Waals surface area (Å²) in [5.74, 6) is 0.0703. The molecule has 2 atom stereocenters. The molecule has 2 unspecified atom stereocenters. The summed E-state index contributed by atoms with van der Waals surface area (Å²) in [4.78, 5) is 2.66. The van der Waals surface area contributed by atoms with Crippen LogP contribution >= 0.6 is 11.6 Å². The number of nitrogens with two attached hydrogens (primary N) is 1. The molecule has 0 bridgehead atoms. The molecule has 1 aliphatic rings. The summed E-state index contributed by atoms with van der Waals surface area (Å²) in [7, 11) is 0. The van der Waals surface area contributed by atoms with Crippen molar-refractivity contribution in [3.05, 3.63) is 83.7 Å². The van der Waals surface area contributed by atoms with Crippen LogP contribution in [0.5, 0.6) is 5.75 Å². The Kier molecular flexibility index (Phi) is 6.23. The van der Waals surface area contributed by atoms with Gasteiger partial charge in [0.1, 0.15) is 11.6 Å². The van der Waals surface area contributed by atoms with Gasteiger partial charge in [-0.3, -0.25) is 4.99 Å². The third-order valence-electron chi connectivity index (χ3n) is 5.30. The fourth-order valence-electron chi connectivity index (χ4n) is 3.73. The second-order valence-corrected chi connectivity index (χ2v) is 8.11. The first-order chi connectivity index (χ1) is 15.9. The van der Waals surface area contributed by atoms with E-state index in [4.69, 9.17) is 26.8 Å². The van der Waals surface area contributed by atoms with Crippen molar-refractivity contribution < 1.29 is 13.9 Å². The van der Waals surface area contributed by atoms with Gasteiger partial charge in [0.05, 0.1) is 30.7 Å². The van der Waals surface area contributed by atoms with Gasteiger partial charge in [0.15, 0.2) is 0 Å². The topological polar surface area (TPSA) is 92.7 Å². The maximum atomic E-state index is 13.8. The maximum absolute atomic E-state index is 13.8.